The van der Waals surface area contributed by atoms with Gasteiger partial charge in [0.1, 0.15) is 5.13 Å². The predicted octanol–water partition coefficient (Wildman–Crippen LogP) is -1.74. The van der Waals surface area contributed by atoms with E-state index in [9.17, 15) is 9.59 Å². The second kappa shape index (κ2) is 1.99. The van der Waals surface area contributed by atoms with Crippen molar-refractivity contribution in [3.05, 3.63) is 27.2 Å². The number of rotatable bonds is 0. The molecule has 0 aliphatic carbocycles. The van der Waals surface area contributed by atoms with E-state index >= 15 is 0 Å². The summed E-state index contributed by atoms with van der Waals surface area (Å²) in [5.74, 6) is 0. The van der Waals surface area contributed by atoms with Crippen LogP contribution in [0.4, 0.5) is 0 Å². The van der Waals surface area contributed by atoms with Crippen molar-refractivity contribution in [2.24, 2.45) is 0 Å². The van der Waals surface area contributed by atoms with Crippen LogP contribution in [0.1, 0.15) is 0 Å². The lowest BCUT2D eigenvalue weighted by Crippen LogP contribution is -2.26. The lowest BCUT2D eigenvalue weighted by atomic mass is 10.8. The van der Waals surface area contributed by atoms with Crippen LogP contribution in [-0.4, -0.2) is 27.8 Å². The summed E-state index contributed by atoms with van der Waals surface area (Å²) >= 11 is 0. The van der Waals surface area contributed by atoms with Crippen molar-refractivity contribution in [2.75, 3.05) is 0 Å². The zero-order chi connectivity index (χ0) is 7.84. The minimum Gasteiger partial charge on any atom is -0.343 e. The molecule has 7 heteroatoms. The van der Waals surface area contributed by atoms with Gasteiger partial charge >= 0.3 is 14.2 Å². The van der Waals surface area contributed by atoms with Gasteiger partial charge in [0.05, 0.1) is 6.33 Å². The number of nitrogens with zero attached hydrogens (tertiary/aromatic N) is 1. The van der Waals surface area contributed by atoms with E-state index in [4.69, 9.17) is 0 Å². The first-order valence-electron chi connectivity index (χ1n) is 2.93. The fourth-order valence-electron chi connectivity index (χ4n) is 0.867. The van der Waals surface area contributed by atoms with E-state index in [1.54, 1.807) is 0 Å². The van der Waals surface area contributed by atoms with Gasteiger partial charge in [-0.3, -0.25) is 14.4 Å². The van der Waals surface area contributed by atoms with Gasteiger partial charge in [-0.1, -0.05) is 0 Å². The van der Waals surface area contributed by atoms with E-state index in [1.165, 1.54) is 6.33 Å². The van der Waals surface area contributed by atoms with E-state index in [-0.39, 0.29) is 5.56 Å². The monoisotopic (exact) mass is 168 g/mol. The number of aromatic nitrogens is 4. The lowest BCUT2D eigenvalue weighted by molar-refractivity contribution is 1.10. The Balaban J connectivity index is 3.15. The summed E-state index contributed by atoms with van der Waals surface area (Å²) in [4.78, 5) is 26.4. The van der Waals surface area contributed by atoms with Gasteiger partial charge in [-0.05, 0) is 0 Å². The Morgan fingerprint density at radius 2 is 2.27 bits per heavy atom. The largest absolute Gasteiger partial charge is 0.343 e. The highest BCUT2D eigenvalue weighted by atomic mass is 28.2. The maximum absolute atomic E-state index is 11.0. The molecule has 2 aromatic rings. The van der Waals surface area contributed by atoms with Crippen LogP contribution in [0.15, 0.2) is 15.9 Å². The van der Waals surface area contributed by atoms with E-state index in [0.29, 0.717) is 5.13 Å². The Bertz CT molecular complexity index is 494. The average Bonchev–Trinajstić information content (AvgIpc) is 2.34. The molecule has 6 nitrogen and oxygen atoms in total. The van der Waals surface area contributed by atoms with Crippen molar-refractivity contribution in [2.45, 2.75) is 0 Å². The fourth-order valence-corrected chi connectivity index (χ4v) is 2.14. The SMILES string of the molecule is O=c1[nH]c(=O)c2[nH]cn[si]2[nH]1. The number of nitrogens with one attached hydrogen (secondary N) is 3. The Kier molecular flexibility index (Phi) is 1.12. The van der Waals surface area contributed by atoms with Crippen molar-refractivity contribution < 1.29 is 0 Å². The van der Waals surface area contributed by atoms with Crippen LogP contribution in [0.5, 0.6) is 0 Å². The van der Waals surface area contributed by atoms with Crippen LogP contribution in [0.2, 0.25) is 0 Å². The van der Waals surface area contributed by atoms with Crippen LogP contribution < -0.4 is 11.2 Å². The van der Waals surface area contributed by atoms with E-state index in [0.717, 1.165) is 0 Å². The molecule has 56 valence electrons. The Morgan fingerprint density at radius 3 is 3.09 bits per heavy atom. The highest BCUT2D eigenvalue weighted by Gasteiger charge is 2.01. The molecule has 0 atom stereocenters. The van der Waals surface area contributed by atoms with Crippen LogP contribution in [0, 0.1) is 0 Å². The van der Waals surface area contributed by atoms with Gasteiger partial charge in [0.25, 0.3) is 5.56 Å². The van der Waals surface area contributed by atoms with Gasteiger partial charge < -0.3 is 9.62 Å². The molecule has 0 amide bonds. The summed E-state index contributed by atoms with van der Waals surface area (Å²) in [6.45, 7) is 0. The molecule has 0 spiro atoms. The number of aromatic amines is 3. The lowest BCUT2D eigenvalue weighted by Gasteiger charge is -1.82. The third-order valence-corrected chi connectivity index (χ3v) is 3.02. The number of fused-ring (bicyclic) bond motifs is 1. The summed E-state index contributed by atoms with van der Waals surface area (Å²) in [6, 6.07) is 0. The summed E-state index contributed by atoms with van der Waals surface area (Å²) in [5.41, 5.74) is -0.839. The molecule has 0 fully saturated rings. The second-order valence-corrected chi connectivity index (χ2v) is 3.74. The van der Waals surface area contributed by atoms with E-state index in [2.05, 4.69) is 19.2 Å². The van der Waals surface area contributed by atoms with Crippen molar-refractivity contribution in [3.8, 4) is 0 Å². The Hall–Kier alpha value is -1.50. The van der Waals surface area contributed by atoms with Crippen LogP contribution in [-0.2, 0) is 0 Å². The molecule has 2 aromatic heterocycles. The summed E-state index contributed by atoms with van der Waals surface area (Å²) in [6.07, 6.45) is 1.43. The standard InChI is InChI=1S/C4H4N4O2Si/c9-2-3-5-1-6-11(3)8-4(10)7-2/h1H,(H,5,6)(H2,7,8,9,10). The molecule has 0 unspecified atom stereocenters. The number of hydrogen-bond acceptors (Lipinski definition) is 3. The minimum absolute atomic E-state index is 0.375. The van der Waals surface area contributed by atoms with Crippen molar-refractivity contribution in [1.29, 1.82) is 0 Å². The number of hydrogen-bond donors (Lipinski definition) is 3. The molecule has 2 rings (SSSR count). The predicted molar refractivity (Wildman–Crippen MR) is 38.7 cm³/mol. The maximum Gasteiger partial charge on any atom is 0.319 e. The molecule has 0 radical (unpaired) electrons. The summed E-state index contributed by atoms with van der Waals surface area (Å²) in [5, 5.41) is 0.467. The molecule has 3 N–H and O–H groups in total. The average molecular weight is 168 g/mol. The summed E-state index contributed by atoms with van der Waals surface area (Å²) in [7, 11) is -1.49. The smallest absolute Gasteiger partial charge is 0.319 e. The second-order valence-electron chi connectivity index (χ2n) is 2.03. The van der Waals surface area contributed by atoms with Gasteiger partial charge in [0.15, 0.2) is 0 Å². The highest BCUT2D eigenvalue weighted by Crippen LogP contribution is 1.76. The molecule has 0 aliphatic rings. The van der Waals surface area contributed by atoms with Gasteiger partial charge in [-0.15, -0.1) is 0 Å². The molecule has 2 heterocycles. The van der Waals surface area contributed by atoms with Gasteiger partial charge in [-0.2, -0.15) is 0 Å². The van der Waals surface area contributed by atoms with Crippen LogP contribution >= 0.6 is 0 Å². The highest BCUT2D eigenvalue weighted by molar-refractivity contribution is 6.48. The van der Waals surface area contributed by atoms with Gasteiger partial charge in [0.2, 0.25) is 0 Å². The Labute approximate surface area is 61.0 Å². The number of H-pyrrole nitrogens is 3. The minimum atomic E-state index is -1.49. The van der Waals surface area contributed by atoms with Crippen molar-refractivity contribution >= 4 is 13.7 Å². The first kappa shape index (κ1) is 6.22. The molecular weight excluding hydrogens is 164 g/mol. The van der Waals surface area contributed by atoms with Gasteiger partial charge in [-0.25, -0.2) is 4.79 Å². The topological polar surface area (TPSA) is 94.4 Å². The van der Waals surface area contributed by atoms with E-state index < -0.39 is 14.2 Å². The third kappa shape index (κ3) is 0.854. The van der Waals surface area contributed by atoms with Crippen molar-refractivity contribution in [1.82, 2.24) is 19.2 Å². The molecule has 0 saturated carbocycles. The first-order chi connectivity index (χ1) is 5.27. The first-order valence-corrected chi connectivity index (χ1v) is 4.38. The molecule has 0 bridgehead atoms. The van der Waals surface area contributed by atoms with Crippen LogP contribution in [0.3, 0.4) is 0 Å². The molecule has 11 heavy (non-hydrogen) atoms. The third-order valence-electron chi connectivity index (χ3n) is 1.33. The fraction of sp³-hybridized carbons (Fsp3) is 0. The quantitative estimate of drug-likeness (QED) is 0.408. The Morgan fingerprint density at radius 1 is 1.45 bits per heavy atom. The summed E-state index contributed by atoms with van der Waals surface area (Å²) < 4.78 is 6.44. The van der Waals surface area contributed by atoms with Gasteiger partial charge in [0, 0.05) is 0 Å². The zero-order valence-electron chi connectivity index (χ0n) is 5.34. The van der Waals surface area contributed by atoms with Crippen molar-refractivity contribution in [3.63, 3.8) is 0 Å². The zero-order valence-corrected chi connectivity index (χ0v) is 6.34. The normalized spacial score (nSPS) is 10.5. The van der Waals surface area contributed by atoms with Crippen LogP contribution in [0.25, 0.3) is 5.13 Å². The van der Waals surface area contributed by atoms with E-state index in [1.807, 2.05) is 0 Å². The maximum atomic E-state index is 11.0. The molecule has 0 saturated heterocycles. The molecular formula is C4H4N4O2Si. The molecule has 0 aromatic carbocycles. The molecule has 0 aliphatic heterocycles.